The number of hydrogen-bond acceptors (Lipinski definition) is 2. The summed E-state index contributed by atoms with van der Waals surface area (Å²) in [6.45, 7) is 1.98. The van der Waals surface area contributed by atoms with Gasteiger partial charge < -0.3 is 1.43 Å². The Bertz CT molecular complexity index is 157. The second-order valence-electron chi connectivity index (χ2n) is 1.99. The SMILES string of the molecule is CCCCCS(=O)(=O)O.[H-].[K+]. The van der Waals surface area contributed by atoms with E-state index in [1.807, 2.05) is 6.92 Å². The summed E-state index contributed by atoms with van der Waals surface area (Å²) >= 11 is 0. The van der Waals surface area contributed by atoms with Crippen molar-refractivity contribution in [3.05, 3.63) is 0 Å². The van der Waals surface area contributed by atoms with Gasteiger partial charge in [0.1, 0.15) is 0 Å². The van der Waals surface area contributed by atoms with Crippen LogP contribution in [0.25, 0.3) is 0 Å². The minimum Gasteiger partial charge on any atom is -1.00 e. The second-order valence-corrected chi connectivity index (χ2v) is 3.57. The first-order valence-corrected chi connectivity index (χ1v) is 4.62. The van der Waals surface area contributed by atoms with Crippen LogP contribution in [0.15, 0.2) is 0 Å². The zero-order valence-electron chi connectivity index (χ0n) is 7.50. The first-order valence-electron chi connectivity index (χ1n) is 3.01. The third kappa shape index (κ3) is 12.2. The molecule has 0 atom stereocenters. The molecule has 0 aliphatic rings. The summed E-state index contributed by atoms with van der Waals surface area (Å²) in [6.07, 6.45) is 2.39. The van der Waals surface area contributed by atoms with Crippen LogP contribution in [0, 0.1) is 0 Å². The fourth-order valence-corrected chi connectivity index (χ4v) is 1.10. The van der Waals surface area contributed by atoms with Crippen LogP contribution in [0.2, 0.25) is 0 Å². The molecule has 0 unspecified atom stereocenters. The summed E-state index contributed by atoms with van der Waals surface area (Å²) in [6, 6.07) is 0. The first-order chi connectivity index (χ1) is 4.06. The molecule has 3 nitrogen and oxygen atoms in total. The van der Waals surface area contributed by atoms with Crippen molar-refractivity contribution in [2.75, 3.05) is 5.75 Å². The van der Waals surface area contributed by atoms with E-state index < -0.39 is 10.1 Å². The van der Waals surface area contributed by atoms with Gasteiger partial charge in [0.25, 0.3) is 10.1 Å². The fraction of sp³-hybridized carbons (Fsp3) is 1.00. The van der Waals surface area contributed by atoms with E-state index in [4.69, 9.17) is 4.55 Å². The van der Waals surface area contributed by atoms with E-state index >= 15 is 0 Å². The Morgan fingerprint density at radius 2 is 1.90 bits per heavy atom. The quantitative estimate of drug-likeness (QED) is 0.324. The molecule has 10 heavy (non-hydrogen) atoms. The molecule has 5 heteroatoms. The van der Waals surface area contributed by atoms with Crippen LogP contribution < -0.4 is 51.4 Å². The van der Waals surface area contributed by atoms with Crippen molar-refractivity contribution in [2.24, 2.45) is 0 Å². The summed E-state index contributed by atoms with van der Waals surface area (Å²) in [4.78, 5) is 0. The number of unbranched alkanes of at least 4 members (excludes halogenated alkanes) is 2. The molecule has 0 amide bonds. The van der Waals surface area contributed by atoms with Crippen molar-refractivity contribution in [1.82, 2.24) is 0 Å². The van der Waals surface area contributed by atoms with E-state index in [1.165, 1.54) is 0 Å². The van der Waals surface area contributed by atoms with E-state index in [-0.39, 0.29) is 58.6 Å². The van der Waals surface area contributed by atoms with E-state index in [0.717, 1.165) is 12.8 Å². The van der Waals surface area contributed by atoms with E-state index in [9.17, 15) is 8.42 Å². The number of rotatable bonds is 4. The van der Waals surface area contributed by atoms with Gasteiger partial charge in [0, 0.05) is 0 Å². The smallest absolute Gasteiger partial charge is 1.00 e. The predicted octanol–water partition coefficient (Wildman–Crippen LogP) is -1.82. The normalized spacial score (nSPS) is 10.6. The summed E-state index contributed by atoms with van der Waals surface area (Å²) in [5.41, 5.74) is 0. The van der Waals surface area contributed by atoms with Crippen molar-refractivity contribution in [3.63, 3.8) is 0 Å². The van der Waals surface area contributed by atoms with Crippen LogP contribution in [0.3, 0.4) is 0 Å². The predicted molar refractivity (Wildman–Crippen MR) is 37.1 cm³/mol. The molecule has 0 spiro atoms. The Morgan fingerprint density at radius 3 is 2.20 bits per heavy atom. The molecule has 0 aliphatic carbocycles. The van der Waals surface area contributed by atoms with Gasteiger partial charge in [-0.25, -0.2) is 0 Å². The van der Waals surface area contributed by atoms with Gasteiger partial charge in [-0.1, -0.05) is 19.8 Å². The van der Waals surface area contributed by atoms with Gasteiger partial charge in [-0.2, -0.15) is 8.42 Å². The molecule has 0 saturated carbocycles. The Balaban J connectivity index is -0.000000320. The van der Waals surface area contributed by atoms with Crippen LogP contribution in [0.5, 0.6) is 0 Å². The molecule has 1 N–H and O–H groups in total. The van der Waals surface area contributed by atoms with Crippen LogP contribution >= 0.6 is 0 Å². The molecule has 0 saturated heterocycles. The molecule has 0 aliphatic heterocycles. The zero-order chi connectivity index (χ0) is 7.33. The summed E-state index contributed by atoms with van der Waals surface area (Å²) in [7, 11) is -3.70. The van der Waals surface area contributed by atoms with Gasteiger partial charge in [-0.05, 0) is 6.42 Å². The molecular weight excluding hydrogens is 179 g/mol. The Hall–Kier alpha value is 1.55. The van der Waals surface area contributed by atoms with Gasteiger partial charge in [-0.15, -0.1) is 0 Å². The Kier molecular flexibility index (Phi) is 10.2. The summed E-state index contributed by atoms with van der Waals surface area (Å²) < 4.78 is 28.3. The molecule has 0 bridgehead atoms. The largest absolute Gasteiger partial charge is 1.00 e. The van der Waals surface area contributed by atoms with Gasteiger partial charge in [0.15, 0.2) is 0 Å². The van der Waals surface area contributed by atoms with Crippen molar-refractivity contribution < 1.29 is 65.8 Å². The standard InChI is InChI=1S/C5H12O3S.K.H/c1-2-3-4-5-9(6,7)8;;/h2-5H2,1H3,(H,6,7,8);;/q;+1;-1. The molecule has 0 radical (unpaired) electrons. The molecule has 0 aromatic rings. The van der Waals surface area contributed by atoms with Gasteiger partial charge in [0.2, 0.25) is 0 Å². The Labute approximate surface area is 106 Å². The van der Waals surface area contributed by atoms with Gasteiger partial charge in [-0.3, -0.25) is 4.55 Å². The average molecular weight is 192 g/mol. The maximum atomic E-state index is 10.1. The van der Waals surface area contributed by atoms with Crippen LogP contribution in [0.4, 0.5) is 0 Å². The van der Waals surface area contributed by atoms with Gasteiger partial charge in [0.05, 0.1) is 5.75 Å². The third-order valence-electron chi connectivity index (χ3n) is 1.01. The van der Waals surface area contributed by atoms with Gasteiger partial charge >= 0.3 is 51.4 Å². The van der Waals surface area contributed by atoms with E-state index in [2.05, 4.69) is 0 Å². The minimum absolute atomic E-state index is 0. The minimum atomic E-state index is -3.70. The summed E-state index contributed by atoms with van der Waals surface area (Å²) in [5.74, 6) is -0.0964. The first kappa shape index (κ1) is 14.1. The molecular formula is C5H13KO3S. The maximum absolute atomic E-state index is 10.1. The number of hydrogen-bond donors (Lipinski definition) is 1. The molecule has 58 valence electrons. The van der Waals surface area contributed by atoms with Crippen LogP contribution in [0.1, 0.15) is 27.6 Å². The summed E-state index contributed by atoms with van der Waals surface area (Å²) in [5, 5.41) is 0. The van der Waals surface area contributed by atoms with Crippen molar-refractivity contribution >= 4 is 10.1 Å². The second kappa shape index (κ2) is 7.21. The van der Waals surface area contributed by atoms with Crippen molar-refractivity contribution in [2.45, 2.75) is 26.2 Å². The van der Waals surface area contributed by atoms with E-state index in [0.29, 0.717) is 6.42 Å². The van der Waals surface area contributed by atoms with Crippen LogP contribution in [-0.4, -0.2) is 18.7 Å². The van der Waals surface area contributed by atoms with Crippen molar-refractivity contribution in [1.29, 1.82) is 0 Å². The maximum Gasteiger partial charge on any atom is 1.00 e. The topological polar surface area (TPSA) is 54.4 Å². The Morgan fingerprint density at radius 1 is 1.40 bits per heavy atom. The third-order valence-corrected chi connectivity index (χ3v) is 1.81. The molecule has 0 aromatic heterocycles. The van der Waals surface area contributed by atoms with Crippen LogP contribution in [-0.2, 0) is 10.1 Å². The monoisotopic (exact) mass is 192 g/mol. The molecule has 0 fully saturated rings. The fourth-order valence-electron chi connectivity index (χ4n) is 0.534. The molecule has 0 aromatic carbocycles. The zero-order valence-corrected chi connectivity index (χ0v) is 10.4. The molecule has 0 heterocycles. The van der Waals surface area contributed by atoms with E-state index in [1.54, 1.807) is 0 Å². The van der Waals surface area contributed by atoms with Crippen molar-refractivity contribution in [3.8, 4) is 0 Å². The average Bonchev–Trinajstić information content (AvgIpc) is 1.63. The molecule has 0 rings (SSSR count).